The fourth-order valence-corrected chi connectivity index (χ4v) is 1.77. The Balaban J connectivity index is 2.13. The van der Waals surface area contributed by atoms with Gasteiger partial charge in [-0.25, -0.2) is 4.98 Å². The highest BCUT2D eigenvalue weighted by atomic mass is 16.4. The van der Waals surface area contributed by atoms with E-state index in [0.29, 0.717) is 5.89 Å². The van der Waals surface area contributed by atoms with Crippen LogP contribution in [0.3, 0.4) is 0 Å². The molecular formula is C14H17NO2. The lowest BCUT2D eigenvalue weighted by molar-refractivity contribution is 0.284. The number of hydrogen-bond acceptors (Lipinski definition) is 3. The van der Waals surface area contributed by atoms with Crippen molar-refractivity contribution < 1.29 is 9.52 Å². The number of aliphatic hydroxyl groups is 1. The molecule has 0 spiro atoms. The normalized spacial score (nSPS) is 10.7. The third kappa shape index (κ3) is 2.94. The number of benzene rings is 1. The Morgan fingerprint density at radius 3 is 2.65 bits per heavy atom. The largest absolute Gasteiger partial charge is 0.441 e. The van der Waals surface area contributed by atoms with Gasteiger partial charge in [-0.3, -0.25) is 0 Å². The topological polar surface area (TPSA) is 46.3 Å². The van der Waals surface area contributed by atoms with Crippen LogP contribution in [0.4, 0.5) is 0 Å². The fraction of sp³-hybridized carbons (Fsp3) is 0.357. The van der Waals surface area contributed by atoms with E-state index in [1.807, 2.05) is 37.3 Å². The van der Waals surface area contributed by atoms with Gasteiger partial charge in [-0.15, -0.1) is 0 Å². The zero-order valence-electron chi connectivity index (χ0n) is 10.0. The highest BCUT2D eigenvalue weighted by molar-refractivity contribution is 5.53. The van der Waals surface area contributed by atoms with Crippen molar-refractivity contribution in [1.82, 2.24) is 4.98 Å². The maximum atomic E-state index is 8.75. The zero-order chi connectivity index (χ0) is 12.1. The first kappa shape index (κ1) is 11.9. The maximum absolute atomic E-state index is 8.75. The molecular weight excluding hydrogens is 214 g/mol. The first-order valence-electron chi connectivity index (χ1n) is 5.94. The lowest BCUT2D eigenvalue weighted by atomic mass is 10.2. The molecule has 0 radical (unpaired) electrons. The van der Waals surface area contributed by atoms with E-state index in [-0.39, 0.29) is 6.61 Å². The molecule has 1 heterocycles. The van der Waals surface area contributed by atoms with Gasteiger partial charge in [0.25, 0.3) is 0 Å². The Morgan fingerprint density at radius 1 is 1.18 bits per heavy atom. The summed E-state index contributed by atoms with van der Waals surface area (Å²) in [6, 6.07) is 9.90. The molecule has 1 aromatic heterocycles. The minimum absolute atomic E-state index is 0.239. The van der Waals surface area contributed by atoms with Crippen LogP contribution in [0.5, 0.6) is 0 Å². The number of oxazole rings is 1. The van der Waals surface area contributed by atoms with E-state index in [0.717, 1.165) is 36.3 Å². The lowest BCUT2D eigenvalue weighted by Crippen LogP contribution is -1.91. The molecule has 0 saturated heterocycles. The molecule has 0 bridgehead atoms. The van der Waals surface area contributed by atoms with Gasteiger partial charge in [0.05, 0.1) is 5.69 Å². The lowest BCUT2D eigenvalue weighted by Gasteiger charge is -1.94. The average Bonchev–Trinajstić information content (AvgIpc) is 2.73. The molecule has 1 N–H and O–H groups in total. The van der Waals surface area contributed by atoms with Crippen LogP contribution >= 0.6 is 0 Å². The Bertz CT molecular complexity index is 462. The molecule has 0 aliphatic rings. The molecule has 0 fully saturated rings. The van der Waals surface area contributed by atoms with Gasteiger partial charge in [-0.05, 0) is 38.3 Å². The van der Waals surface area contributed by atoms with Crippen LogP contribution in [0, 0.1) is 6.92 Å². The van der Waals surface area contributed by atoms with E-state index in [1.54, 1.807) is 0 Å². The summed E-state index contributed by atoms with van der Waals surface area (Å²) in [5.41, 5.74) is 2.00. The SMILES string of the molecule is Cc1oc(-c2ccccc2)nc1CCCCO. The predicted octanol–water partition coefficient (Wildman–Crippen LogP) is 2.97. The molecule has 3 heteroatoms. The Morgan fingerprint density at radius 2 is 1.94 bits per heavy atom. The van der Waals surface area contributed by atoms with E-state index in [9.17, 15) is 0 Å². The highest BCUT2D eigenvalue weighted by Gasteiger charge is 2.10. The number of unbranched alkanes of at least 4 members (excludes halogenated alkanes) is 1. The van der Waals surface area contributed by atoms with Gasteiger partial charge in [0.1, 0.15) is 5.76 Å². The summed E-state index contributed by atoms with van der Waals surface area (Å²) < 4.78 is 5.66. The van der Waals surface area contributed by atoms with Crippen LogP contribution < -0.4 is 0 Å². The molecule has 0 amide bonds. The zero-order valence-corrected chi connectivity index (χ0v) is 10.0. The first-order chi connectivity index (χ1) is 8.31. The van der Waals surface area contributed by atoms with Crippen molar-refractivity contribution in [2.24, 2.45) is 0 Å². The van der Waals surface area contributed by atoms with Crippen LogP contribution in [0.15, 0.2) is 34.7 Å². The number of aromatic nitrogens is 1. The van der Waals surface area contributed by atoms with Crippen molar-refractivity contribution in [3.05, 3.63) is 41.8 Å². The second kappa shape index (κ2) is 5.64. The third-order valence-electron chi connectivity index (χ3n) is 2.74. The van der Waals surface area contributed by atoms with Crippen LogP contribution in [-0.4, -0.2) is 16.7 Å². The molecule has 1 aromatic carbocycles. The molecule has 2 aromatic rings. The molecule has 0 saturated carbocycles. The van der Waals surface area contributed by atoms with Crippen LogP contribution in [0.2, 0.25) is 0 Å². The third-order valence-corrected chi connectivity index (χ3v) is 2.74. The summed E-state index contributed by atoms with van der Waals surface area (Å²) in [6.45, 7) is 2.18. The molecule has 0 atom stereocenters. The van der Waals surface area contributed by atoms with E-state index in [4.69, 9.17) is 9.52 Å². The van der Waals surface area contributed by atoms with E-state index in [1.165, 1.54) is 0 Å². The van der Waals surface area contributed by atoms with Crippen LogP contribution in [-0.2, 0) is 6.42 Å². The van der Waals surface area contributed by atoms with Gasteiger partial charge in [0.2, 0.25) is 5.89 Å². The van der Waals surface area contributed by atoms with Crippen LogP contribution in [0.25, 0.3) is 11.5 Å². The van der Waals surface area contributed by atoms with E-state index in [2.05, 4.69) is 4.98 Å². The molecule has 3 nitrogen and oxygen atoms in total. The summed E-state index contributed by atoms with van der Waals surface area (Å²) in [5.74, 6) is 1.56. The molecule has 0 aliphatic heterocycles. The van der Waals surface area contributed by atoms with Gasteiger partial charge < -0.3 is 9.52 Å². The van der Waals surface area contributed by atoms with Crippen molar-refractivity contribution in [1.29, 1.82) is 0 Å². The summed E-state index contributed by atoms with van der Waals surface area (Å²) >= 11 is 0. The number of rotatable bonds is 5. The van der Waals surface area contributed by atoms with Gasteiger partial charge in [0, 0.05) is 12.2 Å². The van der Waals surface area contributed by atoms with Crippen LogP contribution in [0.1, 0.15) is 24.3 Å². The van der Waals surface area contributed by atoms with Gasteiger partial charge in [-0.1, -0.05) is 18.2 Å². The predicted molar refractivity (Wildman–Crippen MR) is 66.7 cm³/mol. The van der Waals surface area contributed by atoms with Crippen molar-refractivity contribution in [3.63, 3.8) is 0 Å². The second-order valence-corrected chi connectivity index (χ2v) is 4.07. The minimum atomic E-state index is 0.239. The summed E-state index contributed by atoms with van der Waals surface area (Å²) in [5, 5.41) is 8.75. The number of aryl methyl sites for hydroxylation is 2. The van der Waals surface area contributed by atoms with Gasteiger partial charge in [-0.2, -0.15) is 0 Å². The average molecular weight is 231 g/mol. The van der Waals surface area contributed by atoms with E-state index < -0.39 is 0 Å². The monoisotopic (exact) mass is 231 g/mol. The van der Waals surface area contributed by atoms with Gasteiger partial charge in [0.15, 0.2) is 0 Å². The van der Waals surface area contributed by atoms with E-state index >= 15 is 0 Å². The van der Waals surface area contributed by atoms with Crippen molar-refractivity contribution in [2.75, 3.05) is 6.61 Å². The number of hydrogen-bond donors (Lipinski definition) is 1. The summed E-state index contributed by atoms with van der Waals surface area (Å²) in [4.78, 5) is 4.50. The Hall–Kier alpha value is -1.61. The summed E-state index contributed by atoms with van der Waals surface area (Å²) in [7, 11) is 0. The second-order valence-electron chi connectivity index (χ2n) is 4.07. The first-order valence-corrected chi connectivity index (χ1v) is 5.94. The van der Waals surface area contributed by atoms with Gasteiger partial charge >= 0.3 is 0 Å². The molecule has 0 unspecified atom stereocenters. The van der Waals surface area contributed by atoms with Crippen molar-refractivity contribution in [2.45, 2.75) is 26.2 Å². The molecule has 0 aliphatic carbocycles. The van der Waals surface area contributed by atoms with Crippen molar-refractivity contribution >= 4 is 0 Å². The quantitative estimate of drug-likeness (QED) is 0.805. The Kier molecular flexibility index (Phi) is 3.94. The maximum Gasteiger partial charge on any atom is 0.226 e. The molecule has 90 valence electrons. The molecule has 17 heavy (non-hydrogen) atoms. The Labute approximate surface area is 101 Å². The molecule has 2 rings (SSSR count). The fourth-order valence-electron chi connectivity index (χ4n) is 1.77. The van der Waals surface area contributed by atoms with Crippen molar-refractivity contribution in [3.8, 4) is 11.5 Å². The summed E-state index contributed by atoms with van der Waals surface area (Å²) in [6.07, 6.45) is 2.62. The highest BCUT2D eigenvalue weighted by Crippen LogP contribution is 2.22. The smallest absolute Gasteiger partial charge is 0.226 e. The minimum Gasteiger partial charge on any atom is -0.441 e. The standard InChI is InChI=1S/C14H17NO2/c1-11-13(9-5-6-10-16)15-14(17-11)12-7-3-2-4-8-12/h2-4,7-8,16H,5-6,9-10H2,1H3. The number of aliphatic hydroxyl groups excluding tert-OH is 1. The number of nitrogens with zero attached hydrogens (tertiary/aromatic N) is 1.